The van der Waals surface area contributed by atoms with Gasteiger partial charge < -0.3 is 16.0 Å². The van der Waals surface area contributed by atoms with E-state index in [0.717, 1.165) is 17.3 Å². The van der Waals surface area contributed by atoms with Crippen molar-refractivity contribution >= 4 is 28.5 Å². The molecule has 192 valence electrons. The van der Waals surface area contributed by atoms with Crippen molar-refractivity contribution in [3.63, 3.8) is 0 Å². The Labute approximate surface area is 213 Å². The Hall–Kier alpha value is -3.52. The molecule has 2 amide bonds. The van der Waals surface area contributed by atoms with Crippen molar-refractivity contribution in [3.05, 3.63) is 66.0 Å². The van der Waals surface area contributed by atoms with Gasteiger partial charge in [-0.3, -0.25) is 14.5 Å². The normalized spacial score (nSPS) is 12.2. The van der Waals surface area contributed by atoms with E-state index >= 15 is 0 Å². The number of nitrogens with one attached hydrogen (secondary N) is 1. The van der Waals surface area contributed by atoms with Gasteiger partial charge in [-0.05, 0) is 44.0 Å². The molecule has 0 aliphatic heterocycles. The maximum absolute atomic E-state index is 12.8. The molecule has 3 rings (SSSR count). The Kier molecular flexibility index (Phi) is 9.76. The fourth-order valence-electron chi connectivity index (χ4n) is 4.14. The third-order valence-electron chi connectivity index (χ3n) is 6.28. The first-order valence-corrected chi connectivity index (χ1v) is 12.6. The fourth-order valence-corrected chi connectivity index (χ4v) is 4.14. The van der Waals surface area contributed by atoms with E-state index in [0.29, 0.717) is 44.2 Å². The summed E-state index contributed by atoms with van der Waals surface area (Å²) in [6.07, 6.45) is 1.25. The van der Waals surface area contributed by atoms with Crippen molar-refractivity contribution in [2.75, 3.05) is 32.0 Å². The Morgan fingerprint density at radius 2 is 1.69 bits per heavy atom. The molecule has 3 N–H and O–H groups in total. The molecule has 0 fully saturated rings. The second kappa shape index (κ2) is 13.0. The SMILES string of the molecule is CCN(CCN(C)Cc1nc(N[C@H](C(N)=O)C(C)C)c2ccccc2n1)C(=O)CCc1ccccc1. The van der Waals surface area contributed by atoms with Crippen molar-refractivity contribution in [3.8, 4) is 0 Å². The molecule has 0 aliphatic carbocycles. The van der Waals surface area contributed by atoms with Crippen molar-refractivity contribution in [1.82, 2.24) is 19.8 Å². The summed E-state index contributed by atoms with van der Waals surface area (Å²) < 4.78 is 0. The second-order valence-electron chi connectivity index (χ2n) is 9.47. The molecule has 0 saturated heterocycles. The highest BCUT2D eigenvalue weighted by atomic mass is 16.2. The van der Waals surface area contributed by atoms with Gasteiger partial charge >= 0.3 is 0 Å². The molecule has 0 bridgehead atoms. The van der Waals surface area contributed by atoms with Gasteiger partial charge in [-0.1, -0.05) is 56.3 Å². The van der Waals surface area contributed by atoms with Gasteiger partial charge in [-0.15, -0.1) is 0 Å². The number of aryl methyl sites for hydroxylation is 1. The zero-order chi connectivity index (χ0) is 26.1. The highest BCUT2D eigenvalue weighted by Crippen LogP contribution is 2.22. The van der Waals surface area contributed by atoms with E-state index in [-0.39, 0.29) is 11.8 Å². The first kappa shape index (κ1) is 27.1. The van der Waals surface area contributed by atoms with Crippen LogP contribution in [0.4, 0.5) is 5.82 Å². The minimum absolute atomic E-state index is 0.0156. The Morgan fingerprint density at radius 1 is 1.00 bits per heavy atom. The molecule has 2 aromatic carbocycles. The summed E-state index contributed by atoms with van der Waals surface area (Å²) >= 11 is 0. The van der Waals surface area contributed by atoms with Crippen molar-refractivity contribution < 1.29 is 9.59 Å². The molecule has 0 spiro atoms. The lowest BCUT2D eigenvalue weighted by atomic mass is 10.0. The van der Waals surface area contributed by atoms with Crippen LogP contribution in [0.3, 0.4) is 0 Å². The lowest BCUT2D eigenvalue weighted by molar-refractivity contribution is -0.131. The number of para-hydroxylation sites is 1. The standard InChI is InChI=1S/C28H38N6O2/c1-5-34(25(35)16-15-21-11-7-6-8-12-21)18-17-33(4)19-24-30-23-14-10-9-13-22(23)28(31-24)32-26(20(2)3)27(29)36/h6-14,20,26H,5,15-19H2,1-4H3,(H2,29,36)(H,30,31,32)/t26-/m0/s1. The predicted octanol–water partition coefficient (Wildman–Crippen LogP) is 3.46. The summed E-state index contributed by atoms with van der Waals surface area (Å²) in [7, 11) is 1.99. The minimum Gasteiger partial charge on any atom is -0.368 e. The largest absolute Gasteiger partial charge is 0.368 e. The fraction of sp³-hybridized carbons (Fsp3) is 0.429. The maximum Gasteiger partial charge on any atom is 0.240 e. The lowest BCUT2D eigenvalue weighted by Crippen LogP contribution is -2.40. The van der Waals surface area contributed by atoms with Gasteiger partial charge in [-0.25, -0.2) is 9.97 Å². The van der Waals surface area contributed by atoms with Crippen LogP contribution in [0.2, 0.25) is 0 Å². The minimum atomic E-state index is -0.533. The number of aromatic nitrogens is 2. The molecular weight excluding hydrogens is 452 g/mol. The molecule has 1 aromatic heterocycles. The van der Waals surface area contributed by atoms with Gasteiger partial charge in [0.05, 0.1) is 12.1 Å². The summed E-state index contributed by atoms with van der Waals surface area (Å²) in [5, 5.41) is 4.08. The van der Waals surface area contributed by atoms with Gasteiger partial charge in [0.2, 0.25) is 11.8 Å². The Balaban J connectivity index is 1.64. The summed E-state index contributed by atoms with van der Waals surface area (Å²) in [6.45, 7) is 8.41. The van der Waals surface area contributed by atoms with Crippen LogP contribution in [0, 0.1) is 5.92 Å². The first-order valence-electron chi connectivity index (χ1n) is 12.6. The summed E-state index contributed by atoms with van der Waals surface area (Å²) in [6, 6.07) is 17.3. The summed E-state index contributed by atoms with van der Waals surface area (Å²) in [5.74, 6) is 1.01. The number of amides is 2. The smallest absolute Gasteiger partial charge is 0.240 e. The van der Waals surface area contributed by atoms with E-state index in [4.69, 9.17) is 15.7 Å². The molecule has 0 unspecified atom stereocenters. The molecule has 0 aliphatic rings. The monoisotopic (exact) mass is 490 g/mol. The number of anilines is 1. The molecule has 8 heteroatoms. The number of nitrogens with two attached hydrogens (primary N) is 1. The van der Waals surface area contributed by atoms with E-state index in [9.17, 15) is 9.59 Å². The van der Waals surface area contributed by atoms with E-state index in [2.05, 4.69) is 22.3 Å². The third-order valence-corrected chi connectivity index (χ3v) is 6.28. The average Bonchev–Trinajstić information content (AvgIpc) is 2.86. The van der Waals surface area contributed by atoms with Gasteiger partial charge in [-0.2, -0.15) is 0 Å². The van der Waals surface area contributed by atoms with Crippen LogP contribution in [-0.2, 0) is 22.6 Å². The van der Waals surface area contributed by atoms with Crippen LogP contribution in [0.15, 0.2) is 54.6 Å². The van der Waals surface area contributed by atoms with E-state index in [1.165, 1.54) is 5.56 Å². The molecule has 8 nitrogen and oxygen atoms in total. The van der Waals surface area contributed by atoms with E-state index < -0.39 is 11.9 Å². The van der Waals surface area contributed by atoms with E-state index in [1.54, 1.807) is 0 Å². The van der Waals surface area contributed by atoms with E-state index in [1.807, 2.05) is 75.2 Å². The summed E-state index contributed by atoms with van der Waals surface area (Å²) in [5.41, 5.74) is 7.60. The van der Waals surface area contributed by atoms with Crippen LogP contribution < -0.4 is 11.1 Å². The number of rotatable bonds is 13. The molecular formula is C28H38N6O2. The molecule has 1 atom stereocenters. The van der Waals surface area contributed by atoms with Gasteiger partial charge in [0.25, 0.3) is 0 Å². The Bertz CT molecular complexity index is 1150. The Morgan fingerprint density at radius 3 is 2.36 bits per heavy atom. The van der Waals surface area contributed by atoms with Gasteiger partial charge in [0.15, 0.2) is 0 Å². The number of benzene rings is 2. The number of carbonyl (C=O) groups is 2. The third kappa shape index (κ3) is 7.49. The first-order chi connectivity index (χ1) is 17.3. The number of primary amides is 1. The van der Waals surface area contributed by atoms with Crippen LogP contribution in [0.25, 0.3) is 10.9 Å². The highest BCUT2D eigenvalue weighted by molar-refractivity contribution is 5.91. The van der Waals surface area contributed by atoms with Gasteiger partial charge in [0, 0.05) is 31.4 Å². The lowest BCUT2D eigenvalue weighted by Gasteiger charge is -2.25. The quantitative estimate of drug-likeness (QED) is 0.380. The number of nitrogens with zero attached hydrogens (tertiary/aromatic N) is 4. The second-order valence-corrected chi connectivity index (χ2v) is 9.47. The molecule has 0 saturated carbocycles. The average molecular weight is 491 g/mol. The number of carbonyl (C=O) groups excluding carboxylic acids is 2. The molecule has 3 aromatic rings. The van der Waals surface area contributed by atoms with Crippen molar-refractivity contribution in [1.29, 1.82) is 0 Å². The summed E-state index contributed by atoms with van der Waals surface area (Å²) in [4.78, 5) is 38.2. The highest BCUT2D eigenvalue weighted by Gasteiger charge is 2.21. The van der Waals surface area contributed by atoms with Crippen LogP contribution in [0.1, 0.15) is 38.6 Å². The zero-order valence-electron chi connectivity index (χ0n) is 21.8. The molecule has 36 heavy (non-hydrogen) atoms. The maximum atomic E-state index is 12.8. The number of hydrogen-bond donors (Lipinski definition) is 2. The zero-order valence-corrected chi connectivity index (χ0v) is 21.8. The number of fused-ring (bicyclic) bond motifs is 1. The molecule has 1 heterocycles. The van der Waals surface area contributed by atoms with Crippen molar-refractivity contribution in [2.24, 2.45) is 11.7 Å². The van der Waals surface area contributed by atoms with Gasteiger partial charge in [0.1, 0.15) is 17.7 Å². The number of likely N-dealkylation sites (N-methyl/N-ethyl adjacent to an activating group) is 2. The van der Waals surface area contributed by atoms with Crippen molar-refractivity contribution in [2.45, 2.75) is 46.2 Å². The van der Waals surface area contributed by atoms with Crippen LogP contribution in [-0.4, -0.2) is 64.3 Å². The van der Waals surface area contributed by atoms with Crippen LogP contribution >= 0.6 is 0 Å². The number of hydrogen-bond acceptors (Lipinski definition) is 6. The molecule has 0 radical (unpaired) electrons. The topological polar surface area (TPSA) is 104 Å². The van der Waals surface area contributed by atoms with Crippen LogP contribution in [0.5, 0.6) is 0 Å². The predicted molar refractivity (Wildman–Crippen MR) is 144 cm³/mol.